The maximum Gasteiger partial charge on any atom is 0.223 e. The standard InChI is InChI=1S/C15H23NO3/c1-13-3-5-14(6-4-13)7-8-15(18)16(9-11-17)10-12-19-2/h3-6,17H,7-12H2,1-2H3. The van der Waals surface area contributed by atoms with E-state index in [2.05, 4.69) is 12.1 Å². The molecule has 0 radical (unpaired) electrons. The average Bonchev–Trinajstić information content (AvgIpc) is 2.42. The number of hydrogen-bond acceptors (Lipinski definition) is 3. The van der Waals surface area contributed by atoms with Gasteiger partial charge in [-0.15, -0.1) is 0 Å². The van der Waals surface area contributed by atoms with Crippen LogP contribution in [0.15, 0.2) is 24.3 Å². The molecule has 0 aliphatic heterocycles. The molecule has 1 aromatic rings. The van der Waals surface area contributed by atoms with Crippen LogP contribution in [0.5, 0.6) is 0 Å². The second kappa shape index (κ2) is 8.67. The van der Waals surface area contributed by atoms with Gasteiger partial charge in [-0.3, -0.25) is 4.79 Å². The molecule has 106 valence electrons. The first kappa shape index (κ1) is 15.7. The summed E-state index contributed by atoms with van der Waals surface area (Å²) in [6.45, 7) is 3.43. The number of carbonyl (C=O) groups is 1. The van der Waals surface area contributed by atoms with E-state index in [1.165, 1.54) is 5.56 Å². The summed E-state index contributed by atoms with van der Waals surface area (Å²) in [7, 11) is 1.61. The minimum Gasteiger partial charge on any atom is -0.395 e. The van der Waals surface area contributed by atoms with E-state index in [4.69, 9.17) is 9.84 Å². The number of amides is 1. The van der Waals surface area contributed by atoms with Crippen molar-refractivity contribution in [2.45, 2.75) is 19.8 Å². The van der Waals surface area contributed by atoms with Crippen LogP contribution in [0.3, 0.4) is 0 Å². The molecule has 0 unspecified atom stereocenters. The summed E-state index contributed by atoms with van der Waals surface area (Å²) >= 11 is 0. The fraction of sp³-hybridized carbons (Fsp3) is 0.533. The van der Waals surface area contributed by atoms with E-state index in [0.29, 0.717) is 26.1 Å². The molecule has 0 spiro atoms. The van der Waals surface area contributed by atoms with Crippen molar-refractivity contribution >= 4 is 5.91 Å². The van der Waals surface area contributed by atoms with Crippen molar-refractivity contribution < 1.29 is 14.6 Å². The Morgan fingerprint density at radius 1 is 1.26 bits per heavy atom. The molecule has 0 bridgehead atoms. The number of aliphatic hydroxyl groups is 1. The van der Waals surface area contributed by atoms with E-state index < -0.39 is 0 Å². The van der Waals surface area contributed by atoms with Crippen LogP contribution in [0, 0.1) is 6.92 Å². The third-order valence-corrected chi connectivity index (χ3v) is 3.04. The minimum atomic E-state index is -0.0139. The number of rotatable bonds is 8. The number of aryl methyl sites for hydroxylation is 2. The summed E-state index contributed by atoms with van der Waals surface area (Å²) in [4.78, 5) is 13.7. The van der Waals surface area contributed by atoms with E-state index >= 15 is 0 Å². The maximum absolute atomic E-state index is 12.0. The van der Waals surface area contributed by atoms with Crippen LogP contribution in [0.25, 0.3) is 0 Å². The Morgan fingerprint density at radius 3 is 2.53 bits per heavy atom. The van der Waals surface area contributed by atoms with Gasteiger partial charge >= 0.3 is 0 Å². The number of benzene rings is 1. The van der Waals surface area contributed by atoms with Crippen molar-refractivity contribution in [3.8, 4) is 0 Å². The van der Waals surface area contributed by atoms with E-state index in [-0.39, 0.29) is 12.5 Å². The summed E-state index contributed by atoms with van der Waals surface area (Å²) < 4.78 is 4.97. The summed E-state index contributed by atoms with van der Waals surface area (Å²) in [5.74, 6) is 0.0617. The zero-order chi connectivity index (χ0) is 14.1. The maximum atomic E-state index is 12.0. The minimum absolute atomic E-state index is 0.0139. The predicted octanol–water partition coefficient (Wildman–Crippen LogP) is 1.39. The largest absolute Gasteiger partial charge is 0.395 e. The van der Waals surface area contributed by atoms with Gasteiger partial charge in [-0.05, 0) is 18.9 Å². The highest BCUT2D eigenvalue weighted by Crippen LogP contribution is 2.07. The van der Waals surface area contributed by atoms with Crippen molar-refractivity contribution in [2.75, 3.05) is 33.4 Å². The van der Waals surface area contributed by atoms with Crippen LogP contribution >= 0.6 is 0 Å². The van der Waals surface area contributed by atoms with Gasteiger partial charge in [0.05, 0.1) is 13.2 Å². The number of ether oxygens (including phenoxy) is 1. The summed E-state index contributed by atoms with van der Waals surface area (Å²) in [5.41, 5.74) is 2.38. The van der Waals surface area contributed by atoms with Crippen LogP contribution in [-0.2, 0) is 16.0 Å². The molecule has 0 saturated heterocycles. The number of carbonyl (C=O) groups excluding carboxylic acids is 1. The second-order valence-electron chi connectivity index (χ2n) is 4.58. The van der Waals surface area contributed by atoms with E-state index in [0.717, 1.165) is 12.0 Å². The molecule has 4 heteroatoms. The lowest BCUT2D eigenvalue weighted by Crippen LogP contribution is -2.36. The Balaban J connectivity index is 2.44. The van der Waals surface area contributed by atoms with Gasteiger partial charge < -0.3 is 14.7 Å². The SMILES string of the molecule is COCCN(CCO)C(=O)CCc1ccc(C)cc1. The van der Waals surface area contributed by atoms with Crippen LogP contribution in [0.4, 0.5) is 0 Å². The van der Waals surface area contributed by atoms with Gasteiger partial charge in [0, 0.05) is 26.6 Å². The van der Waals surface area contributed by atoms with Gasteiger partial charge in [-0.1, -0.05) is 29.8 Å². The molecule has 0 atom stereocenters. The van der Waals surface area contributed by atoms with Crippen LogP contribution in [0.1, 0.15) is 17.5 Å². The first-order valence-electron chi connectivity index (χ1n) is 6.60. The molecule has 19 heavy (non-hydrogen) atoms. The van der Waals surface area contributed by atoms with Crippen molar-refractivity contribution in [3.63, 3.8) is 0 Å². The molecule has 4 nitrogen and oxygen atoms in total. The molecule has 0 saturated carbocycles. The van der Waals surface area contributed by atoms with Crippen LogP contribution in [-0.4, -0.2) is 49.3 Å². The molecule has 0 aliphatic carbocycles. The van der Waals surface area contributed by atoms with Crippen molar-refractivity contribution in [2.24, 2.45) is 0 Å². The second-order valence-corrected chi connectivity index (χ2v) is 4.58. The Morgan fingerprint density at radius 2 is 1.95 bits per heavy atom. The Bertz CT molecular complexity index is 375. The number of nitrogens with zero attached hydrogens (tertiary/aromatic N) is 1. The van der Waals surface area contributed by atoms with Gasteiger partial charge in [0.25, 0.3) is 0 Å². The molecule has 1 rings (SSSR count). The smallest absolute Gasteiger partial charge is 0.223 e. The highest BCUT2D eigenvalue weighted by molar-refractivity contribution is 5.76. The van der Waals surface area contributed by atoms with Crippen LogP contribution < -0.4 is 0 Å². The van der Waals surface area contributed by atoms with Crippen molar-refractivity contribution in [3.05, 3.63) is 35.4 Å². The molecule has 0 fully saturated rings. The molecule has 0 heterocycles. The lowest BCUT2D eigenvalue weighted by molar-refractivity contribution is -0.132. The summed E-state index contributed by atoms with van der Waals surface area (Å²) in [6, 6.07) is 8.20. The summed E-state index contributed by atoms with van der Waals surface area (Å²) in [6.07, 6.45) is 1.20. The van der Waals surface area contributed by atoms with E-state index in [9.17, 15) is 4.79 Å². The van der Waals surface area contributed by atoms with Crippen molar-refractivity contribution in [1.82, 2.24) is 4.90 Å². The Hall–Kier alpha value is -1.39. The van der Waals surface area contributed by atoms with Gasteiger partial charge in [0.1, 0.15) is 0 Å². The average molecular weight is 265 g/mol. The topological polar surface area (TPSA) is 49.8 Å². The normalized spacial score (nSPS) is 10.5. The first-order valence-corrected chi connectivity index (χ1v) is 6.60. The lowest BCUT2D eigenvalue weighted by atomic mass is 10.1. The number of aliphatic hydroxyl groups excluding tert-OH is 1. The first-order chi connectivity index (χ1) is 9.17. The third-order valence-electron chi connectivity index (χ3n) is 3.04. The monoisotopic (exact) mass is 265 g/mol. The van der Waals surface area contributed by atoms with Gasteiger partial charge in [-0.25, -0.2) is 0 Å². The molecule has 1 N–H and O–H groups in total. The Labute approximate surface area is 115 Å². The molecular weight excluding hydrogens is 242 g/mol. The van der Waals surface area contributed by atoms with Gasteiger partial charge in [-0.2, -0.15) is 0 Å². The van der Waals surface area contributed by atoms with Gasteiger partial charge in [0.15, 0.2) is 0 Å². The highest BCUT2D eigenvalue weighted by atomic mass is 16.5. The van der Waals surface area contributed by atoms with Gasteiger partial charge in [0.2, 0.25) is 5.91 Å². The Kier molecular flexibility index (Phi) is 7.15. The molecule has 0 aromatic heterocycles. The number of methoxy groups -OCH3 is 1. The quantitative estimate of drug-likeness (QED) is 0.773. The zero-order valence-electron chi connectivity index (χ0n) is 11.8. The van der Waals surface area contributed by atoms with E-state index in [1.54, 1.807) is 12.0 Å². The molecule has 1 aromatic carbocycles. The summed E-state index contributed by atoms with van der Waals surface area (Å²) in [5, 5.41) is 8.97. The molecule has 0 aliphatic rings. The van der Waals surface area contributed by atoms with Crippen molar-refractivity contribution in [1.29, 1.82) is 0 Å². The highest BCUT2D eigenvalue weighted by Gasteiger charge is 2.12. The fourth-order valence-electron chi connectivity index (χ4n) is 1.85. The number of hydrogen-bond donors (Lipinski definition) is 1. The molecular formula is C15H23NO3. The third kappa shape index (κ3) is 5.85. The zero-order valence-corrected chi connectivity index (χ0v) is 11.8. The predicted molar refractivity (Wildman–Crippen MR) is 75.0 cm³/mol. The molecule has 1 amide bonds. The van der Waals surface area contributed by atoms with Crippen LogP contribution in [0.2, 0.25) is 0 Å². The van der Waals surface area contributed by atoms with E-state index in [1.807, 2.05) is 19.1 Å². The fourth-order valence-corrected chi connectivity index (χ4v) is 1.85. The lowest BCUT2D eigenvalue weighted by Gasteiger charge is -2.21.